The van der Waals surface area contributed by atoms with Crippen molar-refractivity contribution in [2.24, 2.45) is 0 Å². The van der Waals surface area contributed by atoms with Gasteiger partial charge in [-0.3, -0.25) is 4.79 Å². The van der Waals surface area contributed by atoms with Crippen LogP contribution in [0, 0.1) is 0 Å². The number of carbonyl (C=O) groups excluding carboxylic acids is 1. The second kappa shape index (κ2) is 68.5. The average molecular weight is 1400 g/mol. The molecular weight excluding hydrogens is 1240 g/mol. The summed E-state index contributed by atoms with van der Waals surface area (Å²) in [7, 11) is 0. The number of rotatable bonds is 70. The van der Waals surface area contributed by atoms with Gasteiger partial charge in [0.25, 0.3) is 0 Å². The maximum absolute atomic E-state index is 13.4. The molecule has 2 rings (SSSR count). The third-order valence-corrected chi connectivity index (χ3v) is 20.1. The summed E-state index contributed by atoms with van der Waals surface area (Å²) in [6, 6.07) is -0.941. The SMILES string of the molecule is CCCCCCC/C=C\C/C=C\C/C=C\CCCCCCCCCCCCCCCCCCCCCCCCCCC(=O)NC(COC1OC(CO)C(OC2OC(CO)C(O)C(O)C2O)C(O)C1O)C(O)/C=C/CC/C=C/CC/C=C/CCCCCCCCCCCCCCCCCC. The van der Waals surface area contributed by atoms with Gasteiger partial charge in [0, 0.05) is 6.42 Å². The molecule has 99 heavy (non-hydrogen) atoms. The van der Waals surface area contributed by atoms with E-state index in [9.17, 15) is 45.6 Å². The van der Waals surface area contributed by atoms with Crippen molar-refractivity contribution in [2.45, 2.75) is 441 Å². The van der Waals surface area contributed by atoms with Gasteiger partial charge >= 0.3 is 0 Å². The Morgan fingerprint density at radius 2 is 0.677 bits per heavy atom. The summed E-state index contributed by atoms with van der Waals surface area (Å²) in [4.78, 5) is 13.4. The van der Waals surface area contributed by atoms with E-state index in [0.717, 1.165) is 57.8 Å². The molecule has 9 N–H and O–H groups in total. The third-order valence-electron chi connectivity index (χ3n) is 20.1. The van der Waals surface area contributed by atoms with Gasteiger partial charge in [-0.15, -0.1) is 0 Å². The van der Waals surface area contributed by atoms with Crippen LogP contribution in [-0.2, 0) is 23.7 Å². The van der Waals surface area contributed by atoms with Crippen LogP contribution in [0.3, 0.4) is 0 Å². The molecule has 2 aliphatic heterocycles. The summed E-state index contributed by atoms with van der Waals surface area (Å²) in [5.41, 5.74) is 0. The Morgan fingerprint density at radius 1 is 0.364 bits per heavy atom. The Bertz CT molecular complexity index is 1940. The van der Waals surface area contributed by atoms with Crippen molar-refractivity contribution in [3.63, 3.8) is 0 Å². The van der Waals surface area contributed by atoms with Gasteiger partial charge in [0.2, 0.25) is 5.91 Å². The maximum Gasteiger partial charge on any atom is 0.220 e. The number of aliphatic hydroxyl groups excluding tert-OH is 8. The zero-order valence-corrected chi connectivity index (χ0v) is 63.5. The molecule has 14 nitrogen and oxygen atoms in total. The molecule has 0 bridgehead atoms. The number of carbonyl (C=O) groups is 1. The van der Waals surface area contributed by atoms with Crippen molar-refractivity contribution in [1.29, 1.82) is 0 Å². The fourth-order valence-electron chi connectivity index (χ4n) is 13.5. The van der Waals surface area contributed by atoms with Crippen LogP contribution in [-0.4, -0.2) is 140 Å². The molecule has 2 aliphatic rings. The summed E-state index contributed by atoms with van der Waals surface area (Å²) >= 11 is 0. The molecule has 0 aromatic heterocycles. The summed E-state index contributed by atoms with van der Waals surface area (Å²) < 4.78 is 22.9. The number of aliphatic hydroxyl groups is 8. The van der Waals surface area contributed by atoms with Gasteiger partial charge in [0.15, 0.2) is 12.6 Å². The van der Waals surface area contributed by atoms with Crippen LogP contribution in [0.15, 0.2) is 72.9 Å². The van der Waals surface area contributed by atoms with Gasteiger partial charge in [-0.2, -0.15) is 0 Å². The largest absolute Gasteiger partial charge is 0.394 e. The molecule has 0 spiro atoms. The minimum absolute atomic E-state index is 0.248. The lowest BCUT2D eigenvalue weighted by Crippen LogP contribution is -2.65. The summed E-state index contributed by atoms with van der Waals surface area (Å²) in [5.74, 6) is -0.248. The first-order valence-electron chi connectivity index (χ1n) is 41.7. The highest BCUT2D eigenvalue weighted by molar-refractivity contribution is 5.76. The van der Waals surface area contributed by atoms with E-state index in [4.69, 9.17) is 18.9 Å². The van der Waals surface area contributed by atoms with Crippen molar-refractivity contribution in [3.05, 3.63) is 72.9 Å². The van der Waals surface area contributed by atoms with E-state index in [1.807, 2.05) is 6.08 Å². The van der Waals surface area contributed by atoms with Gasteiger partial charge in [-0.05, 0) is 83.5 Å². The summed E-state index contributed by atoms with van der Waals surface area (Å²) in [5, 5.41) is 87.7. The lowest BCUT2D eigenvalue weighted by atomic mass is 9.97. The predicted molar refractivity (Wildman–Crippen MR) is 410 cm³/mol. The Hall–Kier alpha value is -2.57. The van der Waals surface area contributed by atoms with Crippen LogP contribution in [0.2, 0.25) is 0 Å². The summed E-state index contributed by atoms with van der Waals surface area (Å²) in [6.07, 6.45) is 78.6. The maximum atomic E-state index is 13.4. The van der Waals surface area contributed by atoms with E-state index >= 15 is 0 Å². The topological polar surface area (TPSA) is 228 Å². The second-order valence-electron chi connectivity index (χ2n) is 29.2. The van der Waals surface area contributed by atoms with Crippen molar-refractivity contribution in [2.75, 3.05) is 19.8 Å². The number of hydrogen-bond acceptors (Lipinski definition) is 13. The average Bonchev–Trinajstić information content (AvgIpc) is 0.794. The molecule has 2 fully saturated rings. The molecule has 2 heterocycles. The van der Waals surface area contributed by atoms with Gasteiger partial charge in [-0.25, -0.2) is 0 Å². The molecule has 1 amide bonds. The molecule has 0 radical (unpaired) electrons. The molecule has 12 atom stereocenters. The van der Waals surface area contributed by atoms with E-state index in [-0.39, 0.29) is 18.9 Å². The second-order valence-corrected chi connectivity index (χ2v) is 29.2. The quantitative estimate of drug-likeness (QED) is 0.0204. The molecule has 0 aliphatic carbocycles. The number of amides is 1. The van der Waals surface area contributed by atoms with Crippen molar-refractivity contribution in [1.82, 2.24) is 5.32 Å². The summed E-state index contributed by atoms with van der Waals surface area (Å²) in [6.45, 7) is 2.81. The van der Waals surface area contributed by atoms with E-state index in [1.165, 1.54) is 276 Å². The monoisotopic (exact) mass is 1400 g/mol. The minimum Gasteiger partial charge on any atom is -0.394 e. The van der Waals surface area contributed by atoms with Gasteiger partial charge < -0.3 is 65.1 Å². The fourth-order valence-corrected chi connectivity index (χ4v) is 13.5. The van der Waals surface area contributed by atoms with E-state index in [2.05, 4.69) is 79.9 Å². The highest BCUT2D eigenvalue weighted by Gasteiger charge is 2.51. The van der Waals surface area contributed by atoms with Crippen LogP contribution < -0.4 is 5.32 Å². The number of hydrogen-bond donors (Lipinski definition) is 9. The number of ether oxygens (including phenoxy) is 4. The number of allylic oxidation sites excluding steroid dienone is 11. The molecule has 0 aromatic rings. The zero-order chi connectivity index (χ0) is 71.5. The van der Waals surface area contributed by atoms with Crippen LogP contribution in [0.25, 0.3) is 0 Å². The van der Waals surface area contributed by atoms with Crippen LogP contribution in [0.4, 0.5) is 0 Å². The Labute approximate surface area is 606 Å². The lowest BCUT2D eigenvalue weighted by Gasteiger charge is -2.46. The number of nitrogens with one attached hydrogen (secondary N) is 1. The smallest absolute Gasteiger partial charge is 0.220 e. The first-order valence-corrected chi connectivity index (χ1v) is 41.7. The molecule has 0 saturated carbocycles. The van der Waals surface area contributed by atoms with Crippen LogP contribution >= 0.6 is 0 Å². The van der Waals surface area contributed by atoms with Crippen molar-refractivity contribution >= 4 is 5.91 Å². The standard InChI is InChI=1S/C85H155NO13/c1-3-5-7-9-11-13-15-17-19-21-23-25-27-29-31-32-33-34-35-36-37-38-39-40-41-42-43-45-47-49-51-53-55-57-59-61-63-65-67-69-77(90)86-73(72-96-84-82(95)80(93)83(76(71-88)98-84)99-85-81(94)79(92)78(91)75(70-87)97-85)74(89)68-66-64-62-60-58-56-54-52-50-48-46-44-30-28-26-24-22-20-18-16-14-12-10-8-6-4-2/h15,17,21,23,27,29,50,52,58,60,66,68,73-76,78-85,87-89,91-95H,3-14,16,18-20,22,24-26,28,30-49,51,53-57,59,61-65,67,69-72H2,1-2H3,(H,86,90)/b17-15-,23-21-,29-27-,52-50+,60-58+,68-66+. The highest BCUT2D eigenvalue weighted by atomic mass is 16.7. The molecule has 0 aromatic carbocycles. The van der Waals surface area contributed by atoms with Gasteiger partial charge in [-0.1, -0.05) is 350 Å². The van der Waals surface area contributed by atoms with Crippen molar-refractivity contribution in [3.8, 4) is 0 Å². The predicted octanol–water partition coefficient (Wildman–Crippen LogP) is 19.3. The molecular formula is C85H155NO13. The van der Waals surface area contributed by atoms with Crippen molar-refractivity contribution < 1.29 is 64.6 Å². The highest BCUT2D eigenvalue weighted by Crippen LogP contribution is 2.30. The Morgan fingerprint density at radius 3 is 1.06 bits per heavy atom. The molecule has 578 valence electrons. The van der Waals surface area contributed by atoms with Gasteiger partial charge in [0.1, 0.15) is 48.8 Å². The number of unbranched alkanes of at least 4 members (excludes halogenated alkanes) is 47. The van der Waals surface area contributed by atoms with E-state index < -0.39 is 86.8 Å². The molecule has 14 heteroatoms. The lowest BCUT2D eigenvalue weighted by molar-refractivity contribution is -0.359. The van der Waals surface area contributed by atoms with E-state index in [0.29, 0.717) is 12.8 Å². The normalized spacial score (nSPS) is 22.3. The first-order chi connectivity index (χ1) is 48.6. The van der Waals surface area contributed by atoms with Gasteiger partial charge in [0.05, 0.1) is 32.0 Å². The Balaban J connectivity index is 1.59. The zero-order valence-electron chi connectivity index (χ0n) is 63.5. The first kappa shape index (κ1) is 92.5. The van der Waals surface area contributed by atoms with Crippen LogP contribution in [0.5, 0.6) is 0 Å². The Kier molecular flexibility index (Phi) is 64.0. The molecule has 2 saturated heterocycles. The molecule has 12 unspecified atom stereocenters. The fraction of sp³-hybridized carbons (Fsp3) is 0.847. The van der Waals surface area contributed by atoms with Crippen LogP contribution in [0.1, 0.15) is 367 Å². The van der Waals surface area contributed by atoms with E-state index in [1.54, 1.807) is 6.08 Å². The third kappa shape index (κ3) is 51.3. The minimum atomic E-state index is -1.80.